The number of fused-ring (bicyclic) bond motifs is 1. The lowest BCUT2D eigenvalue weighted by molar-refractivity contribution is 0.314. The lowest BCUT2D eigenvalue weighted by Gasteiger charge is -2.28. The van der Waals surface area contributed by atoms with Crippen LogP contribution in [0.4, 0.5) is 0 Å². The van der Waals surface area contributed by atoms with Gasteiger partial charge in [0.2, 0.25) is 10.0 Å². The molecule has 0 unspecified atom stereocenters. The number of benzene rings is 1. The number of rotatable bonds is 4. The van der Waals surface area contributed by atoms with Gasteiger partial charge < -0.3 is 0 Å². The van der Waals surface area contributed by atoms with Gasteiger partial charge in [-0.15, -0.1) is 0 Å². The van der Waals surface area contributed by atoms with E-state index in [0.717, 1.165) is 31.2 Å². The molecule has 0 spiro atoms. The van der Waals surface area contributed by atoms with Gasteiger partial charge >= 0.3 is 0 Å². The second-order valence-corrected chi connectivity index (χ2v) is 8.37. The summed E-state index contributed by atoms with van der Waals surface area (Å²) in [6.07, 6.45) is 4.99. The first-order valence-electron chi connectivity index (χ1n) is 7.80. The maximum atomic E-state index is 13.2. The first kappa shape index (κ1) is 15.1. The Bertz CT molecular complexity index is 832. The van der Waals surface area contributed by atoms with Crippen molar-refractivity contribution in [3.05, 3.63) is 58.9 Å². The molecule has 0 saturated heterocycles. The zero-order valence-corrected chi connectivity index (χ0v) is 14.1. The summed E-state index contributed by atoms with van der Waals surface area (Å²) in [5.74, 6) is 0. The normalized spacial score (nSPS) is 20.7. The molecule has 1 heterocycles. The molecule has 0 radical (unpaired) electrons. The molecule has 120 valence electrons. The quantitative estimate of drug-likeness (QED) is 0.793. The molecule has 2 aromatic rings. The Morgan fingerprint density at radius 2 is 1.87 bits per heavy atom. The first-order chi connectivity index (χ1) is 11.1. The highest BCUT2D eigenvalue weighted by molar-refractivity contribution is 7.89. The predicted molar refractivity (Wildman–Crippen MR) is 88.8 cm³/mol. The number of hydrogen-bond acceptors (Lipinski definition) is 3. The number of aryl methyl sites for hydroxylation is 1. The van der Waals surface area contributed by atoms with Gasteiger partial charge in [-0.1, -0.05) is 35.9 Å². The minimum atomic E-state index is -3.57. The van der Waals surface area contributed by atoms with Crippen LogP contribution < -0.4 is 0 Å². The average Bonchev–Trinajstić information content (AvgIpc) is 3.28. The molecule has 0 amide bonds. The van der Waals surface area contributed by atoms with Crippen LogP contribution in [0.3, 0.4) is 0 Å². The van der Waals surface area contributed by atoms with Crippen LogP contribution in [0, 0.1) is 0 Å². The summed E-state index contributed by atoms with van der Waals surface area (Å²) in [4.78, 5) is 4.16. The van der Waals surface area contributed by atoms with Crippen molar-refractivity contribution in [1.82, 2.24) is 9.29 Å². The number of halogens is 1. The first-order valence-corrected chi connectivity index (χ1v) is 9.62. The smallest absolute Gasteiger partial charge is 0.243 e. The van der Waals surface area contributed by atoms with Crippen LogP contribution in [0.5, 0.6) is 0 Å². The van der Waals surface area contributed by atoms with Crippen molar-refractivity contribution in [2.45, 2.75) is 42.7 Å². The lowest BCUT2D eigenvalue weighted by Crippen LogP contribution is -2.36. The van der Waals surface area contributed by atoms with Crippen molar-refractivity contribution in [1.29, 1.82) is 0 Å². The van der Waals surface area contributed by atoms with Crippen molar-refractivity contribution < 1.29 is 8.42 Å². The van der Waals surface area contributed by atoms with Crippen molar-refractivity contribution >= 4 is 21.6 Å². The summed E-state index contributed by atoms with van der Waals surface area (Å²) >= 11 is 5.79. The summed E-state index contributed by atoms with van der Waals surface area (Å²) in [6.45, 7) is 0. The Morgan fingerprint density at radius 3 is 2.57 bits per heavy atom. The van der Waals surface area contributed by atoms with Crippen LogP contribution in [0.25, 0.3) is 0 Å². The Morgan fingerprint density at radius 1 is 1.09 bits per heavy atom. The van der Waals surface area contributed by atoms with Crippen LogP contribution in [0.1, 0.15) is 36.4 Å². The summed E-state index contributed by atoms with van der Waals surface area (Å²) < 4.78 is 28.0. The molecule has 1 atom stereocenters. The second kappa shape index (κ2) is 5.58. The maximum absolute atomic E-state index is 13.2. The summed E-state index contributed by atoms with van der Waals surface area (Å²) in [5, 5.41) is 0.299. The molecular formula is C17H17ClN2O2S. The highest BCUT2D eigenvalue weighted by Gasteiger charge is 2.44. The molecule has 23 heavy (non-hydrogen) atoms. The lowest BCUT2D eigenvalue weighted by atomic mass is 10.1. The van der Waals surface area contributed by atoms with Crippen molar-refractivity contribution in [3.8, 4) is 0 Å². The van der Waals surface area contributed by atoms with Crippen LogP contribution in [-0.4, -0.2) is 23.7 Å². The van der Waals surface area contributed by atoms with Crippen LogP contribution >= 0.6 is 11.6 Å². The highest BCUT2D eigenvalue weighted by atomic mass is 35.5. The van der Waals surface area contributed by atoms with Crippen molar-refractivity contribution in [2.75, 3.05) is 0 Å². The molecule has 0 N–H and O–H groups in total. The molecule has 2 aliphatic carbocycles. The van der Waals surface area contributed by atoms with Crippen LogP contribution in [0.15, 0.2) is 47.5 Å². The molecule has 0 aliphatic heterocycles. The van der Waals surface area contributed by atoms with Gasteiger partial charge in [0.15, 0.2) is 0 Å². The van der Waals surface area contributed by atoms with E-state index in [1.165, 1.54) is 17.8 Å². The van der Waals surface area contributed by atoms with Gasteiger partial charge in [-0.25, -0.2) is 13.4 Å². The Labute approximate surface area is 141 Å². The van der Waals surface area contributed by atoms with E-state index >= 15 is 0 Å². The monoisotopic (exact) mass is 348 g/mol. The van der Waals surface area contributed by atoms with Gasteiger partial charge in [-0.05, 0) is 48.9 Å². The molecule has 1 saturated carbocycles. The molecule has 6 heteroatoms. The third-order valence-electron chi connectivity index (χ3n) is 4.59. The van der Waals surface area contributed by atoms with Crippen LogP contribution in [-0.2, 0) is 16.4 Å². The van der Waals surface area contributed by atoms with E-state index in [2.05, 4.69) is 17.1 Å². The zero-order valence-electron chi connectivity index (χ0n) is 12.5. The molecule has 1 aromatic carbocycles. The number of pyridine rings is 1. The highest BCUT2D eigenvalue weighted by Crippen LogP contribution is 2.44. The largest absolute Gasteiger partial charge is 0.245 e. The summed E-state index contributed by atoms with van der Waals surface area (Å²) in [7, 11) is -3.57. The number of aromatic nitrogens is 1. The van der Waals surface area contributed by atoms with Gasteiger partial charge in [0.25, 0.3) is 0 Å². The zero-order chi connectivity index (χ0) is 16.0. The van der Waals surface area contributed by atoms with Gasteiger partial charge in [0.05, 0.1) is 6.04 Å². The van der Waals surface area contributed by atoms with E-state index in [1.807, 2.05) is 12.1 Å². The molecule has 0 bridgehead atoms. The Balaban J connectivity index is 1.76. The average molecular weight is 349 g/mol. The van der Waals surface area contributed by atoms with Crippen LogP contribution in [0.2, 0.25) is 5.15 Å². The van der Waals surface area contributed by atoms with E-state index in [4.69, 9.17) is 11.6 Å². The molecule has 4 nitrogen and oxygen atoms in total. The third-order valence-corrected chi connectivity index (χ3v) is 6.76. The fourth-order valence-corrected chi connectivity index (χ4v) is 5.32. The van der Waals surface area contributed by atoms with Gasteiger partial charge in [-0.3, -0.25) is 0 Å². The van der Waals surface area contributed by atoms with E-state index in [-0.39, 0.29) is 17.0 Å². The molecular weight excluding hydrogens is 332 g/mol. The summed E-state index contributed by atoms with van der Waals surface area (Å²) in [6, 6.07) is 11.3. The molecule has 4 rings (SSSR count). The molecule has 1 aromatic heterocycles. The minimum absolute atomic E-state index is 0.0700. The number of sulfonamides is 1. The molecule has 1 fully saturated rings. The topological polar surface area (TPSA) is 50.3 Å². The van der Waals surface area contributed by atoms with Crippen molar-refractivity contribution in [3.63, 3.8) is 0 Å². The standard InChI is InChI=1S/C17H17ClN2O2S/c18-17-10-8-14(11-19-17)23(21,22)20(13-6-7-13)16-9-5-12-3-1-2-4-15(12)16/h1-4,8,10-11,13,16H,5-7,9H2/t16-/m1/s1. The predicted octanol–water partition coefficient (Wildman–Crippen LogP) is 3.58. The number of hydrogen-bond donors (Lipinski definition) is 0. The third kappa shape index (κ3) is 2.67. The van der Waals surface area contributed by atoms with E-state index in [9.17, 15) is 8.42 Å². The second-order valence-electron chi connectivity index (χ2n) is 6.14. The van der Waals surface area contributed by atoms with Gasteiger partial charge in [0.1, 0.15) is 10.0 Å². The SMILES string of the molecule is O=S(=O)(c1ccc(Cl)nc1)N(C1CC1)[C@@H]1CCc2ccccc21. The Kier molecular flexibility index (Phi) is 3.67. The van der Waals surface area contributed by atoms with E-state index in [1.54, 1.807) is 10.4 Å². The fourth-order valence-electron chi connectivity index (χ4n) is 3.38. The van der Waals surface area contributed by atoms with E-state index in [0.29, 0.717) is 5.15 Å². The van der Waals surface area contributed by atoms with Crippen molar-refractivity contribution in [2.24, 2.45) is 0 Å². The Hall–Kier alpha value is -1.43. The maximum Gasteiger partial charge on any atom is 0.245 e. The number of nitrogens with zero attached hydrogens (tertiary/aromatic N) is 2. The summed E-state index contributed by atoms with van der Waals surface area (Å²) in [5.41, 5.74) is 2.40. The van der Waals surface area contributed by atoms with E-state index < -0.39 is 10.0 Å². The van der Waals surface area contributed by atoms with Gasteiger partial charge in [-0.2, -0.15) is 4.31 Å². The van der Waals surface area contributed by atoms with Gasteiger partial charge in [0, 0.05) is 12.2 Å². The fraction of sp³-hybridized carbons (Fsp3) is 0.353. The molecule has 2 aliphatic rings. The minimum Gasteiger partial charge on any atom is -0.243 e.